The number of carbonyl (C=O) groups excluding carboxylic acids is 1. The molecule has 2 bridgehead atoms. The fraction of sp³-hybridized carbons (Fsp3) is 0.526. The second-order valence-electron chi connectivity index (χ2n) is 7.70. The molecule has 2 aliphatic heterocycles. The van der Waals surface area contributed by atoms with E-state index < -0.39 is 23.1 Å². The Bertz CT molecular complexity index is 833. The highest BCUT2D eigenvalue weighted by Crippen LogP contribution is 2.65. The van der Waals surface area contributed by atoms with Gasteiger partial charge in [0.05, 0.1) is 11.0 Å². The number of nitrogens with zero attached hydrogens (tertiary/aromatic N) is 1. The lowest BCUT2D eigenvalue weighted by atomic mass is 9.50. The Morgan fingerprint density at radius 2 is 2.24 bits per heavy atom. The Morgan fingerprint density at radius 1 is 1.44 bits per heavy atom. The number of aliphatic hydroxyl groups is 1. The molecule has 1 aromatic carbocycles. The molecule has 2 N–H and O–H groups in total. The van der Waals surface area contributed by atoms with Crippen molar-refractivity contribution in [1.29, 1.82) is 0 Å². The van der Waals surface area contributed by atoms with Crippen LogP contribution in [-0.2, 0) is 21.4 Å². The predicted molar refractivity (Wildman–Crippen MR) is 88.4 cm³/mol. The Balaban J connectivity index is 1.80. The van der Waals surface area contributed by atoms with Crippen LogP contribution in [0.1, 0.15) is 30.9 Å². The van der Waals surface area contributed by atoms with Crippen molar-refractivity contribution in [3.8, 4) is 11.5 Å². The second kappa shape index (κ2) is 4.56. The molecule has 2 aliphatic carbocycles. The van der Waals surface area contributed by atoms with Gasteiger partial charge in [-0.3, -0.25) is 4.79 Å². The normalized spacial score (nSPS) is 37.8. The molecule has 4 atom stereocenters. The van der Waals surface area contributed by atoms with Crippen LogP contribution in [0.25, 0.3) is 0 Å². The summed E-state index contributed by atoms with van der Waals surface area (Å²) in [6.45, 7) is 2.18. The molecule has 6 heteroatoms. The topological polar surface area (TPSA) is 79.2 Å². The number of hydrogen-bond donors (Lipinski definition) is 2. The molecule has 1 aromatic rings. The largest absolute Gasteiger partial charge is 0.504 e. The summed E-state index contributed by atoms with van der Waals surface area (Å²) in [5.74, 6) is 0.551. The number of rotatable bonds is 1. The first-order valence-electron chi connectivity index (χ1n) is 8.71. The lowest BCUT2D eigenvalue weighted by molar-refractivity contribution is -0.168. The zero-order chi connectivity index (χ0) is 17.6. The number of aromatic hydroxyl groups is 1. The number of phenols is 1. The van der Waals surface area contributed by atoms with Crippen LogP contribution in [0, 0.1) is 0 Å². The minimum Gasteiger partial charge on any atom is -0.504 e. The number of hydrogen-bond acceptors (Lipinski definition) is 6. The van der Waals surface area contributed by atoms with Crippen molar-refractivity contribution in [2.45, 2.75) is 49.3 Å². The molecule has 6 nitrogen and oxygen atoms in total. The average molecular weight is 343 g/mol. The van der Waals surface area contributed by atoms with Crippen molar-refractivity contribution < 1.29 is 24.5 Å². The number of likely N-dealkylation sites (N-methyl/N-ethyl adjacent to an activating group) is 1. The van der Waals surface area contributed by atoms with E-state index in [0.717, 1.165) is 17.7 Å². The van der Waals surface area contributed by atoms with Crippen molar-refractivity contribution in [3.05, 3.63) is 35.1 Å². The van der Waals surface area contributed by atoms with E-state index in [0.29, 0.717) is 30.8 Å². The summed E-state index contributed by atoms with van der Waals surface area (Å²) in [6, 6.07) is 3.54. The van der Waals surface area contributed by atoms with Gasteiger partial charge in [0, 0.05) is 24.9 Å². The van der Waals surface area contributed by atoms with Gasteiger partial charge in [0.15, 0.2) is 17.6 Å². The Kier molecular flexibility index (Phi) is 2.78. The van der Waals surface area contributed by atoms with Crippen LogP contribution in [-0.4, -0.2) is 52.4 Å². The number of esters is 1. The standard InChI is InChI=1S/C19H21NO5/c1-10(21)24-13-5-6-19(23)14-9-11-3-4-12(22)16-15(11)18(19,17(13)25-16)7-8-20(14)2/h3-5,14,17,22-23H,6-9H2,1-2H3/t14-,17?,18?,19-/m1/s1. The quantitative estimate of drug-likeness (QED) is 0.747. The van der Waals surface area contributed by atoms with Gasteiger partial charge < -0.3 is 24.6 Å². The molecule has 0 aromatic heterocycles. The van der Waals surface area contributed by atoms with E-state index in [4.69, 9.17) is 9.47 Å². The van der Waals surface area contributed by atoms with Gasteiger partial charge in [-0.25, -0.2) is 0 Å². The Labute approximate surface area is 145 Å². The van der Waals surface area contributed by atoms with Crippen molar-refractivity contribution in [1.82, 2.24) is 4.90 Å². The van der Waals surface area contributed by atoms with E-state index >= 15 is 0 Å². The van der Waals surface area contributed by atoms with Crippen LogP contribution in [0.15, 0.2) is 24.0 Å². The summed E-state index contributed by atoms with van der Waals surface area (Å²) in [5, 5.41) is 22.2. The zero-order valence-corrected chi connectivity index (χ0v) is 14.3. The van der Waals surface area contributed by atoms with Crippen LogP contribution in [0.4, 0.5) is 0 Å². The monoisotopic (exact) mass is 343 g/mol. The van der Waals surface area contributed by atoms with E-state index in [1.165, 1.54) is 6.92 Å². The minimum atomic E-state index is -1.01. The summed E-state index contributed by atoms with van der Waals surface area (Å²) >= 11 is 0. The lowest BCUT2D eigenvalue weighted by Gasteiger charge is -2.61. The maximum absolute atomic E-state index is 11.8. The highest BCUT2D eigenvalue weighted by Gasteiger charge is 2.72. The second-order valence-corrected chi connectivity index (χ2v) is 7.70. The third kappa shape index (κ3) is 1.60. The van der Waals surface area contributed by atoms with Crippen LogP contribution in [0.5, 0.6) is 11.5 Å². The maximum Gasteiger partial charge on any atom is 0.307 e. The number of piperidine rings is 1. The molecule has 1 saturated heterocycles. The number of likely N-dealkylation sites (tertiary alicyclic amines) is 1. The third-order valence-electron chi connectivity index (χ3n) is 6.61. The predicted octanol–water partition coefficient (Wildman–Crippen LogP) is 1.23. The lowest BCUT2D eigenvalue weighted by Crippen LogP contribution is -2.74. The molecule has 132 valence electrons. The SMILES string of the molecule is CC(=O)OC1=CC[C@@]2(O)[C@H]3Cc4ccc(O)c5c4C2(CCN3C)C1O5. The number of carbonyl (C=O) groups is 1. The summed E-state index contributed by atoms with van der Waals surface area (Å²) in [4.78, 5) is 13.8. The molecule has 0 amide bonds. The van der Waals surface area contributed by atoms with E-state index in [1.807, 2.05) is 13.1 Å². The van der Waals surface area contributed by atoms with Gasteiger partial charge >= 0.3 is 5.97 Å². The molecule has 0 saturated carbocycles. The van der Waals surface area contributed by atoms with Gasteiger partial charge in [0.2, 0.25) is 0 Å². The third-order valence-corrected chi connectivity index (χ3v) is 6.61. The molecule has 2 unspecified atom stereocenters. The van der Waals surface area contributed by atoms with Crippen LogP contribution >= 0.6 is 0 Å². The molecule has 0 radical (unpaired) electrons. The summed E-state index contributed by atoms with van der Waals surface area (Å²) < 4.78 is 11.6. The molecule has 5 rings (SSSR count). The van der Waals surface area contributed by atoms with Gasteiger partial charge in [0.25, 0.3) is 0 Å². The molecule has 1 fully saturated rings. The first kappa shape index (κ1) is 15.2. The Hall–Kier alpha value is -2.05. The molecule has 2 heterocycles. The first-order chi connectivity index (χ1) is 11.9. The molecular formula is C19H21NO5. The molecular weight excluding hydrogens is 322 g/mol. The maximum atomic E-state index is 11.8. The fourth-order valence-corrected chi connectivity index (χ4v) is 5.60. The van der Waals surface area contributed by atoms with Gasteiger partial charge in [-0.2, -0.15) is 0 Å². The molecule has 25 heavy (non-hydrogen) atoms. The van der Waals surface area contributed by atoms with Crippen molar-refractivity contribution in [2.75, 3.05) is 13.6 Å². The van der Waals surface area contributed by atoms with Gasteiger partial charge in [-0.1, -0.05) is 6.07 Å². The smallest absolute Gasteiger partial charge is 0.307 e. The van der Waals surface area contributed by atoms with Gasteiger partial charge in [-0.15, -0.1) is 0 Å². The zero-order valence-electron chi connectivity index (χ0n) is 14.3. The number of phenolic OH excluding ortho intramolecular Hbond substituents is 1. The van der Waals surface area contributed by atoms with E-state index in [2.05, 4.69) is 4.90 Å². The van der Waals surface area contributed by atoms with E-state index in [-0.39, 0.29) is 11.8 Å². The summed E-state index contributed by atoms with van der Waals surface area (Å²) in [5.41, 5.74) is 0.300. The summed E-state index contributed by atoms with van der Waals surface area (Å²) in [6.07, 6.45) is 2.99. The Morgan fingerprint density at radius 3 is 3.00 bits per heavy atom. The van der Waals surface area contributed by atoms with Gasteiger partial charge in [-0.05, 0) is 44.1 Å². The highest BCUT2D eigenvalue weighted by atomic mass is 16.6. The van der Waals surface area contributed by atoms with E-state index in [9.17, 15) is 15.0 Å². The van der Waals surface area contributed by atoms with Crippen molar-refractivity contribution in [2.24, 2.45) is 0 Å². The molecule has 1 spiro atoms. The van der Waals surface area contributed by atoms with Gasteiger partial charge in [0.1, 0.15) is 5.76 Å². The van der Waals surface area contributed by atoms with Crippen molar-refractivity contribution >= 4 is 5.97 Å². The number of ether oxygens (including phenoxy) is 2. The van der Waals surface area contributed by atoms with Crippen LogP contribution < -0.4 is 4.74 Å². The first-order valence-corrected chi connectivity index (χ1v) is 8.71. The minimum absolute atomic E-state index is 0.0366. The average Bonchev–Trinajstić information content (AvgIpc) is 2.91. The highest BCUT2D eigenvalue weighted by molar-refractivity contribution is 5.69. The number of benzene rings is 1. The van der Waals surface area contributed by atoms with Crippen LogP contribution in [0.3, 0.4) is 0 Å². The van der Waals surface area contributed by atoms with E-state index in [1.54, 1.807) is 12.1 Å². The summed E-state index contributed by atoms with van der Waals surface area (Å²) in [7, 11) is 2.04. The van der Waals surface area contributed by atoms with Crippen molar-refractivity contribution in [3.63, 3.8) is 0 Å². The fourth-order valence-electron chi connectivity index (χ4n) is 5.60. The molecule has 4 aliphatic rings. The van der Waals surface area contributed by atoms with Crippen LogP contribution in [0.2, 0.25) is 0 Å².